The molecule has 5 nitrogen and oxygen atoms in total. The van der Waals surface area contributed by atoms with Crippen molar-refractivity contribution in [2.75, 3.05) is 6.54 Å². The third-order valence-electron chi connectivity index (χ3n) is 4.77. The molecule has 6 heteroatoms. The molecule has 30 heavy (non-hydrogen) atoms. The fourth-order valence-corrected chi connectivity index (χ4v) is 2.98. The first-order valence-corrected chi connectivity index (χ1v) is 11.6. The van der Waals surface area contributed by atoms with Crippen LogP contribution in [-0.2, 0) is 14.4 Å². The topological polar surface area (TPSA) is 75.3 Å². The van der Waals surface area contributed by atoms with Crippen molar-refractivity contribution in [3.63, 3.8) is 0 Å². The van der Waals surface area contributed by atoms with Gasteiger partial charge in [-0.05, 0) is 12.8 Å². The largest absolute Gasteiger partial charge is 0.540 e. The maximum Gasteiger partial charge on any atom is 0.222 e. The van der Waals surface area contributed by atoms with E-state index < -0.39 is 6.04 Å². The molecule has 0 spiro atoms. The van der Waals surface area contributed by atoms with E-state index >= 15 is 0 Å². The summed E-state index contributed by atoms with van der Waals surface area (Å²) < 4.78 is 0. The summed E-state index contributed by atoms with van der Waals surface area (Å²) in [6, 6.07) is -0.544. The molecule has 2 N–H and O–H groups in total. The first-order chi connectivity index (χ1) is 13.9. The minimum absolute atomic E-state index is 0. The van der Waals surface area contributed by atoms with E-state index in [0.29, 0.717) is 13.0 Å². The van der Waals surface area contributed by atoms with Crippen LogP contribution in [0.5, 0.6) is 0 Å². The van der Waals surface area contributed by atoms with Crippen molar-refractivity contribution in [2.24, 2.45) is 11.8 Å². The molecule has 1 radical (unpaired) electrons. The Bertz CT molecular complexity index is 419. The van der Waals surface area contributed by atoms with Gasteiger partial charge in [0.15, 0.2) is 0 Å². The molecule has 0 saturated heterocycles. The van der Waals surface area contributed by atoms with E-state index in [1.807, 2.05) is 33.5 Å². The molecule has 3 atom stereocenters. The smallest absolute Gasteiger partial charge is 0.222 e. The quantitative estimate of drug-likeness (QED) is 0.207. The maximum absolute atomic E-state index is 12.6. The van der Waals surface area contributed by atoms with Gasteiger partial charge in [0.25, 0.3) is 0 Å². The molecule has 0 aliphatic rings. The first-order valence-electron chi connectivity index (χ1n) is 11.6. The third kappa shape index (κ3) is 19.7. The van der Waals surface area contributed by atoms with Crippen molar-refractivity contribution in [3.8, 4) is 0 Å². The van der Waals surface area contributed by atoms with E-state index in [4.69, 9.17) is 0 Å². The van der Waals surface area contributed by atoms with Gasteiger partial charge in [-0.25, -0.2) is 6.29 Å². The Balaban J connectivity index is -0.00000171. The van der Waals surface area contributed by atoms with Crippen LogP contribution in [-0.4, -0.2) is 30.7 Å². The van der Waals surface area contributed by atoms with E-state index in [9.17, 15) is 14.4 Å². The SMILES string of the molecule is CCCCCC([C-]=O)NC(=O)C(CCCCC)CNC(=O)C(C)CCC.C[CH-]C.[La]. The second kappa shape index (κ2) is 25.1. The van der Waals surface area contributed by atoms with Crippen molar-refractivity contribution >= 4 is 18.1 Å². The first kappa shape index (κ1) is 34.4. The zero-order valence-electron chi connectivity index (χ0n) is 20.4. The normalized spacial score (nSPS) is 13.0. The molecular weight excluding hydrogens is 503 g/mol. The van der Waals surface area contributed by atoms with Gasteiger partial charge in [0, 0.05) is 48.1 Å². The molecule has 0 bridgehead atoms. The number of rotatable bonds is 16. The van der Waals surface area contributed by atoms with E-state index in [0.717, 1.165) is 57.8 Å². The minimum atomic E-state index is -0.544. The molecule has 0 rings (SSSR count). The average molecular weight is 550 g/mol. The Morgan fingerprint density at radius 2 is 1.40 bits per heavy atom. The predicted octanol–water partition coefficient (Wildman–Crippen LogP) is 5.14. The molecular formula is C24H46LaN2O3-2. The van der Waals surface area contributed by atoms with Crippen LogP contribution in [0, 0.1) is 53.9 Å². The van der Waals surface area contributed by atoms with Crippen LogP contribution in [0.4, 0.5) is 0 Å². The second-order valence-electron chi connectivity index (χ2n) is 7.88. The number of carbonyl (C=O) groups is 2. The van der Waals surface area contributed by atoms with Crippen LogP contribution in [0.25, 0.3) is 0 Å². The van der Waals surface area contributed by atoms with Gasteiger partial charge in [0.05, 0.1) is 5.92 Å². The van der Waals surface area contributed by atoms with E-state index in [2.05, 4.69) is 31.4 Å². The molecule has 0 aromatic rings. The van der Waals surface area contributed by atoms with Gasteiger partial charge in [0.2, 0.25) is 11.8 Å². The summed E-state index contributed by atoms with van der Waals surface area (Å²) in [5, 5.41) is 5.74. The molecule has 0 fully saturated rings. The van der Waals surface area contributed by atoms with Crippen molar-refractivity contribution in [1.82, 2.24) is 10.6 Å². The molecule has 0 heterocycles. The standard InChI is InChI=1S/C21H39N2O3.C3H7.La/c1-5-8-10-13-18(15-22-20(25)17(4)12-7-3)21(26)23-19(16-24)14-11-9-6-2;1-3-2;/h17-19H,5-15H2,1-4H3,(H,22,25)(H,23,26);3H,1-2H3;/q2*-1;. The van der Waals surface area contributed by atoms with Crippen molar-refractivity contribution in [2.45, 2.75) is 112 Å². The van der Waals surface area contributed by atoms with Gasteiger partial charge in [-0.3, -0.25) is 9.59 Å². The van der Waals surface area contributed by atoms with Crippen LogP contribution >= 0.6 is 0 Å². The zero-order chi connectivity index (χ0) is 22.5. The average Bonchev–Trinajstić information content (AvgIpc) is 2.70. The van der Waals surface area contributed by atoms with Crippen LogP contribution in [0.15, 0.2) is 0 Å². The molecule has 0 aliphatic carbocycles. The van der Waals surface area contributed by atoms with Crippen LogP contribution in [0.1, 0.15) is 106 Å². The Labute approximate surface area is 214 Å². The molecule has 3 unspecified atom stereocenters. The number of hydrogen-bond acceptors (Lipinski definition) is 3. The fraction of sp³-hybridized carbons (Fsp3) is 0.833. The molecule has 0 aliphatic heterocycles. The second-order valence-corrected chi connectivity index (χ2v) is 7.88. The summed E-state index contributed by atoms with van der Waals surface area (Å²) in [4.78, 5) is 35.9. The summed E-state index contributed by atoms with van der Waals surface area (Å²) >= 11 is 0. The number of carbonyl (C=O) groups excluding carboxylic acids is 3. The van der Waals surface area contributed by atoms with E-state index in [1.165, 1.54) is 0 Å². The summed E-state index contributed by atoms with van der Waals surface area (Å²) in [5.74, 6) is -0.471. The van der Waals surface area contributed by atoms with E-state index in [1.54, 1.807) is 0 Å². The molecule has 0 saturated carbocycles. The van der Waals surface area contributed by atoms with Crippen LogP contribution in [0.3, 0.4) is 0 Å². The zero-order valence-corrected chi connectivity index (χ0v) is 24.0. The van der Waals surface area contributed by atoms with Gasteiger partial charge in [0.1, 0.15) is 0 Å². The van der Waals surface area contributed by atoms with Gasteiger partial charge < -0.3 is 21.8 Å². The van der Waals surface area contributed by atoms with Gasteiger partial charge in [-0.15, -0.1) is 0 Å². The Morgan fingerprint density at radius 3 is 1.87 bits per heavy atom. The maximum atomic E-state index is 12.6. The Morgan fingerprint density at radius 1 is 0.867 bits per heavy atom. The fourth-order valence-electron chi connectivity index (χ4n) is 2.98. The van der Waals surface area contributed by atoms with Gasteiger partial charge in [-0.2, -0.15) is 13.8 Å². The molecule has 2 amide bonds. The van der Waals surface area contributed by atoms with Crippen molar-refractivity contribution in [3.05, 3.63) is 6.42 Å². The Kier molecular flexibility index (Phi) is 28.8. The summed E-state index contributed by atoms with van der Waals surface area (Å²) in [5.41, 5.74) is 0. The molecule has 0 aromatic heterocycles. The number of hydrogen-bond donors (Lipinski definition) is 2. The third-order valence-corrected chi connectivity index (χ3v) is 4.77. The number of unbranched alkanes of at least 4 members (excludes halogenated alkanes) is 4. The summed E-state index contributed by atoms with van der Waals surface area (Å²) in [7, 11) is 0. The summed E-state index contributed by atoms with van der Waals surface area (Å²) in [6.07, 6.45) is 13.2. The van der Waals surface area contributed by atoms with Gasteiger partial charge >= 0.3 is 0 Å². The Hall–Kier alpha value is -0.195. The minimum Gasteiger partial charge on any atom is -0.540 e. The van der Waals surface area contributed by atoms with Crippen LogP contribution in [0.2, 0.25) is 0 Å². The van der Waals surface area contributed by atoms with Crippen molar-refractivity contribution in [1.29, 1.82) is 0 Å². The van der Waals surface area contributed by atoms with Gasteiger partial charge in [-0.1, -0.05) is 85.1 Å². The number of amides is 2. The summed E-state index contributed by atoms with van der Waals surface area (Å²) in [6.45, 7) is 12.5. The van der Waals surface area contributed by atoms with Crippen molar-refractivity contribution < 1.29 is 50.0 Å². The molecule has 0 aromatic carbocycles. The van der Waals surface area contributed by atoms with E-state index in [-0.39, 0.29) is 59.2 Å². The molecule has 175 valence electrons. The predicted molar refractivity (Wildman–Crippen MR) is 122 cm³/mol. The monoisotopic (exact) mass is 549 g/mol. The van der Waals surface area contributed by atoms with Crippen LogP contribution < -0.4 is 10.6 Å². The number of nitrogens with one attached hydrogen (secondary N) is 2.